The molecule has 3 rings (SSSR count). The van der Waals surface area contributed by atoms with Crippen molar-refractivity contribution in [1.82, 2.24) is 14.9 Å². The fourth-order valence-corrected chi connectivity index (χ4v) is 3.60. The summed E-state index contributed by atoms with van der Waals surface area (Å²) in [6, 6.07) is 7.18. The van der Waals surface area contributed by atoms with E-state index < -0.39 is 0 Å². The summed E-state index contributed by atoms with van der Waals surface area (Å²) in [6.07, 6.45) is 2.55. The summed E-state index contributed by atoms with van der Waals surface area (Å²) in [5.74, 6) is 1.84. The lowest BCUT2D eigenvalue weighted by Gasteiger charge is -2.30. The minimum Gasteiger partial charge on any atom is -0.324 e. The van der Waals surface area contributed by atoms with Gasteiger partial charge in [-0.05, 0) is 57.4 Å². The number of fused-ring (bicyclic) bond motifs is 1. The number of aromatic nitrogens is 2. The molecular weight excluding hydrogens is 314 g/mol. The summed E-state index contributed by atoms with van der Waals surface area (Å²) in [7, 11) is 0. The molecule has 1 aromatic carbocycles. The van der Waals surface area contributed by atoms with Crippen molar-refractivity contribution in [3.63, 3.8) is 0 Å². The summed E-state index contributed by atoms with van der Waals surface area (Å²) < 4.78 is 3.48. The van der Waals surface area contributed by atoms with Crippen molar-refractivity contribution in [2.45, 2.75) is 45.7 Å². The maximum atomic E-state index is 4.94. The van der Waals surface area contributed by atoms with Gasteiger partial charge in [-0.25, -0.2) is 4.98 Å². The molecule has 1 aromatic heterocycles. The first-order valence-corrected chi connectivity index (χ1v) is 8.28. The molecule has 1 fully saturated rings. The molecule has 3 nitrogen and oxygen atoms in total. The molecular formula is C16H22BrN3. The Balaban J connectivity index is 2.15. The topological polar surface area (TPSA) is 29.9 Å². The van der Waals surface area contributed by atoms with Crippen LogP contribution in [0, 0.1) is 5.92 Å². The van der Waals surface area contributed by atoms with Crippen LogP contribution in [0.4, 0.5) is 0 Å². The van der Waals surface area contributed by atoms with Crippen molar-refractivity contribution in [1.29, 1.82) is 0 Å². The van der Waals surface area contributed by atoms with E-state index in [9.17, 15) is 0 Å². The Kier molecular flexibility index (Phi) is 3.87. The van der Waals surface area contributed by atoms with Gasteiger partial charge in [0.05, 0.1) is 17.1 Å². The van der Waals surface area contributed by atoms with Gasteiger partial charge < -0.3 is 9.88 Å². The first kappa shape index (κ1) is 14.1. The predicted octanol–water partition coefficient (Wildman–Crippen LogP) is 4.44. The van der Waals surface area contributed by atoms with E-state index in [1.54, 1.807) is 0 Å². The highest BCUT2D eigenvalue weighted by molar-refractivity contribution is 9.10. The molecule has 0 radical (unpaired) electrons. The van der Waals surface area contributed by atoms with E-state index in [0.717, 1.165) is 16.5 Å². The molecule has 0 amide bonds. The standard InChI is InChI=1S/C16H22BrN3/c1-10(2)20-14-7-6-12(17)9-13(14)19-16(20)15-11(3)5-4-8-18-15/h6-7,9-11,15,18H,4-5,8H2,1-3H3. The molecule has 0 aliphatic carbocycles. The summed E-state index contributed by atoms with van der Waals surface area (Å²) in [4.78, 5) is 4.94. The van der Waals surface area contributed by atoms with Crippen molar-refractivity contribution >= 4 is 27.0 Å². The van der Waals surface area contributed by atoms with Crippen LogP contribution in [-0.4, -0.2) is 16.1 Å². The highest BCUT2D eigenvalue weighted by Gasteiger charge is 2.28. The summed E-state index contributed by atoms with van der Waals surface area (Å²) in [5, 5.41) is 3.66. The first-order chi connectivity index (χ1) is 9.58. The highest BCUT2D eigenvalue weighted by atomic mass is 79.9. The van der Waals surface area contributed by atoms with Gasteiger partial charge in [0.1, 0.15) is 5.82 Å². The number of rotatable bonds is 2. The van der Waals surface area contributed by atoms with Gasteiger partial charge in [0.2, 0.25) is 0 Å². The van der Waals surface area contributed by atoms with Crippen molar-refractivity contribution in [2.24, 2.45) is 5.92 Å². The maximum absolute atomic E-state index is 4.94. The van der Waals surface area contributed by atoms with Gasteiger partial charge in [-0.2, -0.15) is 0 Å². The molecule has 2 atom stereocenters. The molecule has 4 heteroatoms. The molecule has 0 bridgehead atoms. The number of halogens is 1. The van der Waals surface area contributed by atoms with Crippen LogP contribution < -0.4 is 5.32 Å². The number of imidazole rings is 1. The quantitative estimate of drug-likeness (QED) is 0.879. The molecule has 2 aromatic rings. The molecule has 0 saturated carbocycles. The van der Waals surface area contributed by atoms with Gasteiger partial charge in [0, 0.05) is 10.5 Å². The number of hydrogen-bond acceptors (Lipinski definition) is 2. The van der Waals surface area contributed by atoms with Crippen LogP contribution in [0.1, 0.15) is 51.5 Å². The fourth-order valence-electron chi connectivity index (χ4n) is 3.25. The molecule has 1 N–H and O–H groups in total. The van der Waals surface area contributed by atoms with E-state index in [0.29, 0.717) is 18.0 Å². The normalized spacial score (nSPS) is 23.6. The van der Waals surface area contributed by atoms with Crippen LogP contribution in [0.3, 0.4) is 0 Å². The third kappa shape index (κ3) is 2.40. The van der Waals surface area contributed by atoms with Crippen molar-refractivity contribution < 1.29 is 0 Å². The Bertz CT molecular complexity index is 617. The Hall–Kier alpha value is -0.870. The molecule has 2 heterocycles. The van der Waals surface area contributed by atoms with E-state index in [-0.39, 0.29) is 0 Å². The van der Waals surface area contributed by atoms with Gasteiger partial charge in [0.15, 0.2) is 0 Å². The summed E-state index contributed by atoms with van der Waals surface area (Å²) in [5.41, 5.74) is 2.32. The second-order valence-electron chi connectivity index (χ2n) is 6.12. The SMILES string of the molecule is CC1CCCNC1c1nc2cc(Br)ccc2n1C(C)C. The maximum Gasteiger partial charge on any atom is 0.127 e. The van der Waals surface area contributed by atoms with Crippen molar-refractivity contribution in [3.8, 4) is 0 Å². The Morgan fingerprint density at radius 2 is 2.20 bits per heavy atom. The van der Waals surface area contributed by atoms with E-state index >= 15 is 0 Å². The van der Waals surface area contributed by atoms with Crippen LogP contribution in [0.5, 0.6) is 0 Å². The van der Waals surface area contributed by atoms with E-state index in [4.69, 9.17) is 4.98 Å². The van der Waals surface area contributed by atoms with Gasteiger partial charge in [-0.3, -0.25) is 0 Å². The van der Waals surface area contributed by atoms with E-state index in [1.807, 2.05) is 0 Å². The molecule has 20 heavy (non-hydrogen) atoms. The lowest BCUT2D eigenvalue weighted by atomic mass is 9.92. The average molecular weight is 336 g/mol. The number of piperidine rings is 1. The average Bonchev–Trinajstić information content (AvgIpc) is 2.77. The fraction of sp³-hybridized carbons (Fsp3) is 0.562. The summed E-state index contributed by atoms with van der Waals surface area (Å²) in [6.45, 7) is 7.90. The third-order valence-electron chi connectivity index (χ3n) is 4.24. The van der Waals surface area contributed by atoms with Gasteiger partial charge >= 0.3 is 0 Å². The Morgan fingerprint density at radius 1 is 1.40 bits per heavy atom. The lowest BCUT2D eigenvalue weighted by Crippen LogP contribution is -2.35. The Morgan fingerprint density at radius 3 is 2.90 bits per heavy atom. The minimum absolute atomic E-state index is 0.373. The number of hydrogen-bond donors (Lipinski definition) is 1. The second kappa shape index (κ2) is 5.49. The highest BCUT2D eigenvalue weighted by Crippen LogP contribution is 2.33. The number of nitrogens with zero attached hydrogens (tertiary/aromatic N) is 2. The van der Waals surface area contributed by atoms with Gasteiger partial charge in [-0.1, -0.05) is 22.9 Å². The zero-order chi connectivity index (χ0) is 14.3. The molecule has 0 spiro atoms. The number of nitrogens with one attached hydrogen (secondary N) is 1. The lowest BCUT2D eigenvalue weighted by molar-refractivity contribution is 0.286. The number of benzene rings is 1. The molecule has 2 unspecified atom stereocenters. The van der Waals surface area contributed by atoms with Crippen LogP contribution >= 0.6 is 15.9 Å². The predicted molar refractivity (Wildman–Crippen MR) is 87.0 cm³/mol. The largest absolute Gasteiger partial charge is 0.324 e. The van der Waals surface area contributed by atoms with E-state index in [2.05, 4.69) is 64.8 Å². The van der Waals surface area contributed by atoms with Gasteiger partial charge in [0.25, 0.3) is 0 Å². The zero-order valence-electron chi connectivity index (χ0n) is 12.4. The molecule has 1 saturated heterocycles. The second-order valence-corrected chi connectivity index (χ2v) is 7.03. The molecule has 108 valence electrons. The first-order valence-electron chi connectivity index (χ1n) is 7.48. The zero-order valence-corrected chi connectivity index (χ0v) is 13.9. The van der Waals surface area contributed by atoms with Crippen LogP contribution in [0.15, 0.2) is 22.7 Å². The minimum atomic E-state index is 0.373. The van der Waals surface area contributed by atoms with Crippen LogP contribution in [0.2, 0.25) is 0 Å². The molecule has 1 aliphatic heterocycles. The van der Waals surface area contributed by atoms with E-state index in [1.165, 1.54) is 24.2 Å². The molecule has 1 aliphatic rings. The van der Waals surface area contributed by atoms with Crippen molar-refractivity contribution in [2.75, 3.05) is 6.54 Å². The van der Waals surface area contributed by atoms with Crippen LogP contribution in [0.25, 0.3) is 11.0 Å². The Labute approximate surface area is 128 Å². The van der Waals surface area contributed by atoms with Crippen LogP contribution in [-0.2, 0) is 0 Å². The third-order valence-corrected chi connectivity index (χ3v) is 4.74. The van der Waals surface area contributed by atoms with Gasteiger partial charge in [-0.15, -0.1) is 0 Å². The smallest absolute Gasteiger partial charge is 0.127 e. The monoisotopic (exact) mass is 335 g/mol. The van der Waals surface area contributed by atoms with Crippen molar-refractivity contribution in [3.05, 3.63) is 28.5 Å². The summed E-state index contributed by atoms with van der Waals surface area (Å²) >= 11 is 3.55.